The maximum Gasteiger partial charge on any atom is 0.264 e. The van der Waals surface area contributed by atoms with Crippen LogP contribution in [0.3, 0.4) is 0 Å². The van der Waals surface area contributed by atoms with Gasteiger partial charge in [0, 0.05) is 17.8 Å². The molecule has 0 aliphatic carbocycles. The first-order valence-electron chi connectivity index (χ1n) is 7.10. The van der Waals surface area contributed by atoms with Gasteiger partial charge in [-0.2, -0.15) is 0 Å². The van der Waals surface area contributed by atoms with E-state index in [4.69, 9.17) is 10.5 Å². The summed E-state index contributed by atoms with van der Waals surface area (Å²) in [5, 5.41) is 0. The number of hydrogen-bond acceptors (Lipinski definition) is 3. The Balaban J connectivity index is 1.99. The fourth-order valence-corrected chi connectivity index (χ4v) is 2.06. The number of amides is 2. The molecule has 0 unspecified atom stereocenters. The predicted molar refractivity (Wildman–Crippen MR) is 84.9 cm³/mol. The van der Waals surface area contributed by atoms with Crippen LogP contribution in [0.15, 0.2) is 48.5 Å². The van der Waals surface area contributed by atoms with Crippen molar-refractivity contribution < 1.29 is 18.7 Å². The minimum atomic E-state index is -0.527. The lowest BCUT2D eigenvalue weighted by Crippen LogP contribution is -2.34. The summed E-state index contributed by atoms with van der Waals surface area (Å²) in [6.07, 6.45) is 0. The molecule has 6 heteroatoms. The molecule has 0 bridgehead atoms. The van der Waals surface area contributed by atoms with Gasteiger partial charge in [-0.3, -0.25) is 9.59 Å². The average Bonchev–Trinajstić information content (AvgIpc) is 2.55. The van der Waals surface area contributed by atoms with Crippen LogP contribution in [0.5, 0.6) is 5.75 Å². The SMILES string of the molecule is CCN(C(=O)COc1ccc(C(N)=O)cc1)c1ccc(F)cc1. The molecule has 0 aliphatic rings. The van der Waals surface area contributed by atoms with Gasteiger partial charge in [0.25, 0.3) is 5.91 Å². The Morgan fingerprint density at radius 2 is 1.70 bits per heavy atom. The quantitative estimate of drug-likeness (QED) is 0.889. The maximum atomic E-state index is 13.0. The zero-order valence-electron chi connectivity index (χ0n) is 12.7. The van der Waals surface area contributed by atoms with E-state index in [9.17, 15) is 14.0 Å². The van der Waals surface area contributed by atoms with E-state index >= 15 is 0 Å². The molecule has 23 heavy (non-hydrogen) atoms. The molecule has 0 aromatic heterocycles. The van der Waals surface area contributed by atoms with Gasteiger partial charge in [-0.05, 0) is 55.5 Å². The third-order valence-electron chi connectivity index (χ3n) is 3.26. The van der Waals surface area contributed by atoms with Crippen molar-refractivity contribution in [1.29, 1.82) is 0 Å². The monoisotopic (exact) mass is 316 g/mol. The average molecular weight is 316 g/mol. The molecule has 0 atom stereocenters. The van der Waals surface area contributed by atoms with Crippen molar-refractivity contribution >= 4 is 17.5 Å². The molecule has 5 nitrogen and oxygen atoms in total. The van der Waals surface area contributed by atoms with Crippen LogP contribution in [0.25, 0.3) is 0 Å². The van der Waals surface area contributed by atoms with Crippen molar-refractivity contribution in [2.75, 3.05) is 18.1 Å². The Bertz CT molecular complexity index is 684. The van der Waals surface area contributed by atoms with Crippen LogP contribution in [0.1, 0.15) is 17.3 Å². The molecule has 2 amide bonds. The number of likely N-dealkylation sites (N-methyl/N-ethyl adjacent to an activating group) is 1. The smallest absolute Gasteiger partial charge is 0.264 e. The molecule has 2 aromatic rings. The highest BCUT2D eigenvalue weighted by atomic mass is 19.1. The highest BCUT2D eigenvalue weighted by molar-refractivity contribution is 5.94. The Kier molecular flexibility index (Phi) is 5.30. The van der Waals surface area contributed by atoms with Crippen molar-refractivity contribution in [3.05, 3.63) is 59.9 Å². The summed E-state index contributed by atoms with van der Waals surface area (Å²) in [5.41, 5.74) is 6.12. The zero-order valence-corrected chi connectivity index (χ0v) is 12.7. The van der Waals surface area contributed by atoms with Gasteiger partial charge in [-0.25, -0.2) is 4.39 Å². The van der Waals surface area contributed by atoms with Crippen molar-refractivity contribution in [2.45, 2.75) is 6.92 Å². The van der Waals surface area contributed by atoms with Gasteiger partial charge in [0.05, 0.1) is 0 Å². The van der Waals surface area contributed by atoms with Gasteiger partial charge >= 0.3 is 0 Å². The summed E-state index contributed by atoms with van der Waals surface area (Å²) in [6.45, 7) is 2.10. The van der Waals surface area contributed by atoms with Crippen LogP contribution in [0.2, 0.25) is 0 Å². The number of benzene rings is 2. The molecule has 2 rings (SSSR count). The van der Waals surface area contributed by atoms with Crippen LogP contribution in [-0.4, -0.2) is 25.0 Å². The predicted octanol–water partition coefficient (Wildman–Crippen LogP) is 2.36. The molecule has 0 saturated heterocycles. The lowest BCUT2D eigenvalue weighted by molar-refractivity contribution is -0.120. The normalized spacial score (nSPS) is 10.2. The molecular weight excluding hydrogens is 299 g/mol. The Labute approximate surface area is 133 Å². The topological polar surface area (TPSA) is 72.6 Å². The molecule has 2 aromatic carbocycles. The summed E-state index contributed by atoms with van der Waals surface area (Å²) in [5.74, 6) is -0.680. The molecule has 0 saturated carbocycles. The number of primary amides is 1. The molecular formula is C17H17FN2O3. The van der Waals surface area contributed by atoms with Gasteiger partial charge in [-0.15, -0.1) is 0 Å². The lowest BCUT2D eigenvalue weighted by Gasteiger charge is -2.21. The molecule has 120 valence electrons. The van der Waals surface area contributed by atoms with Crippen LogP contribution in [-0.2, 0) is 4.79 Å². The lowest BCUT2D eigenvalue weighted by atomic mass is 10.2. The number of rotatable bonds is 6. The molecule has 0 heterocycles. The summed E-state index contributed by atoms with van der Waals surface area (Å²) in [6, 6.07) is 11.9. The summed E-state index contributed by atoms with van der Waals surface area (Å²) in [4.78, 5) is 24.7. The zero-order chi connectivity index (χ0) is 16.8. The molecule has 0 fully saturated rings. The Morgan fingerprint density at radius 1 is 1.09 bits per heavy atom. The van der Waals surface area contributed by atoms with Crippen molar-refractivity contribution in [3.63, 3.8) is 0 Å². The number of hydrogen-bond donors (Lipinski definition) is 1. The number of anilines is 1. The van der Waals surface area contributed by atoms with Gasteiger partial charge in [0.15, 0.2) is 6.61 Å². The van der Waals surface area contributed by atoms with Crippen LogP contribution in [0.4, 0.5) is 10.1 Å². The minimum Gasteiger partial charge on any atom is -0.484 e. The Morgan fingerprint density at radius 3 is 2.22 bits per heavy atom. The third-order valence-corrected chi connectivity index (χ3v) is 3.26. The first kappa shape index (κ1) is 16.5. The van der Waals surface area contributed by atoms with E-state index in [-0.39, 0.29) is 18.3 Å². The molecule has 2 N–H and O–H groups in total. The van der Waals surface area contributed by atoms with E-state index in [1.165, 1.54) is 29.2 Å². The van der Waals surface area contributed by atoms with Crippen molar-refractivity contribution in [2.24, 2.45) is 5.73 Å². The van der Waals surface area contributed by atoms with Crippen molar-refractivity contribution in [1.82, 2.24) is 0 Å². The first-order chi connectivity index (χ1) is 11.0. The Hall–Kier alpha value is -2.89. The van der Waals surface area contributed by atoms with E-state index in [1.807, 2.05) is 6.92 Å². The number of ether oxygens (including phenoxy) is 1. The van der Waals surface area contributed by atoms with E-state index in [0.29, 0.717) is 23.5 Å². The summed E-state index contributed by atoms with van der Waals surface area (Å²) in [7, 11) is 0. The second-order valence-electron chi connectivity index (χ2n) is 4.79. The molecule has 0 aliphatic heterocycles. The maximum absolute atomic E-state index is 13.0. The largest absolute Gasteiger partial charge is 0.484 e. The number of nitrogens with two attached hydrogens (primary N) is 1. The summed E-state index contributed by atoms with van der Waals surface area (Å²) < 4.78 is 18.4. The van der Waals surface area contributed by atoms with Gasteiger partial charge < -0.3 is 15.4 Å². The van der Waals surface area contributed by atoms with E-state index in [2.05, 4.69) is 0 Å². The van der Waals surface area contributed by atoms with Crippen LogP contribution >= 0.6 is 0 Å². The van der Waals surface area contributed by atoms with Crippen LogP contribution in [0, 0.1) is 5.82 Å². The van der Waals surface area contributed by atoms with Crippen LogP contribution < -0.4 is 15.4 Å². The first-order valence-corrected chi connectivity index (χ1v) is 7.10. The van der Waals surface area contributed by atoms with E-state index in [0.717, 1.165) is 0 Å². The highest BCUT2D eigenvalue weighted by Crippen LogP contribution is 2.16. The second kappa shape index (κ2) is 7.40. The van der Waals surface area contributed by atoms with Gasteiger partial charge in [-0.1, -0.05) is 0 Å². The summed E-state index contributed by atoms with van der Waals surface area (Å²) >= 11 is 0. The van der Waals surface area contributed by atoms with Gasteiger partial charge in [0.1, 0.15) is 11.6 Å². The molecule has 0 spiro atoms. The minimum absolute atomic E-state index is 0.166. The number of carbonyl (C=O) groups excluding carboxylic acids is 2. The fraction of sp³-hybridized carbons (Fsp3) is 0.176. The van der Waals surface area contributed by atoms with Crippen molar-refractivity contribution in [3.8, 4) is 5.75 Å². The number of carbonyl (C=O) groups is 2. The van der Waals surface area contributed by atoms with E-state index < -0.39 is 5.91 Å². The fourth-order valence-electron chi connectivity index (χ4n) is 2.06. The third kappa shape index (κ3) is 4.29. The van der Waals surface area contributed by atoms with E-state index in [1.54, 1.807) is 24.3 Å². The standard InChI is InChI=1S/C17H17FN2O3/c1-2-20(14-7-5-13(18)6-8-14)16(21)11-23-15-9-3-12(4-10-15)17(19)22/h3-10H,2,11H2,1H3,(H2,19,22). The number of nitrogens with zero attached hydrogens (tertiary/aromatic N) is 1. The second-order valence-corrected chi connectivity index (χ2v) is 4.79. The highest BCUT2D eigenvalue weighted by Gasteiger charge is 2.14. The van der Waals surface area contributed by atoms with Gasteiger partial charge in [0.2, 0.25) is 5.91 Å². The number of halogens is 1. The molecule has 0 radical (unpaired) electrons.